The van der Waals surface area contributed by atoms with Crippen LogP contribution in [0.2, 0.25) is 0 Å². The summed E-state index contributed by atoms with van der Waals surface area (Å²) in [5.41, 5.74) is 9.04. The maximum absolute atomic E-state index is 14.2. The summed E-state index contributed by atoms with van der Waals surface area (Å²) in [6.45, 7) is 3.28. The maximum atomic E-state index is 14.2. The Hall–Kier alpha value is -6.01. The molecule has 7 aromatic rings. The minimum atomic E-state index is -4.61. The van der Waals surface area contributed by atoms with Crippen molar-refractivity contribution < 1.29 is 39.4 Å². The molecule has 1 saturated heterocycles. The van der Waals surface area contributed by atoms with Crippen molar-refractivity contribution in [1.29, 1.82) is 0 Å². The third-order valence-corrected chi connectivity index (χ3v) is 13.0. The van der Waals surface area contributed by atoms with Crippen LogP contribution < -0.4 is 10.5 Å². The highest BCUT2D eigenvalue weighted by atomic mass is 32.2. The molecule has 14 nitrogen and oxygen atoms in total. The fourth-order valence-electron chi connectivity index (χ4n) is 7.28. The van der Waals surface area contributed by atoms with Gasteiger partial charge in [0.25, 0.3) is 20.2 Å². The van der Waals surface area contributed by atoms with E-state index in [2.05, 4.69) is 15.0 Å². The summed E-state index contributed by atoms with van der Waals surface area (Å²) in [7, 11) is -7.64. The van der Waals surface area contributed by atoms with Gasteiger partial charge in [0.1, 0.15) is 35.4 Å². The summed E-state index contributed by atoms with van der Waals surface area (Å²) < 4.78 is 89.8. The minimum Gasteiger partial charge on any atom is -0.497 e. The molecule has 1 aliphatic heterocycles. The first kappa shape index (κ1) is 40.8. The molecule has 2 N–H and O–H groups in total. The number of nitrogens with zero attached hydrogens (tertiary/aromatic N) is 4. The van der Waals surface area contributed by atoms with E-state index in [-0.39, 0.29) is 33.4 Å². The Morgan fingerprint density at radius 2 is 1.18 bits per heavy atom. The van der Waals surface area contributed by atoms with Gasteiger partial charge in [0.05, 0.1) is 29.8 Å². The topological polar surface area (TPSA) is 184 Å². The number of methoxy groups -OCH3 is 1. The van der Waals surface area contributed by atoms with Crippen LogP contribution in [0.15, 0.2) is 156 Å². The molecule has 1 aliphatic rings. The van der Waals surface area contributed by atoms with Crippen molar-refractivity contribution in [2.24, 2.45) is 0 Å². The number of ether oxygens (including phenoxy) is 3. The Morgan fingerprint density at radius 1 is 0.667 bits per heavy atom. The lowest BCUT2D eigenvalue weighted by Gasteiger charge is -2.37. The van der Waals surface area contributed by atoms with Crippen molar-refractivity contribution in [2.75, 3.05) is 19.5 Å². The van der Waals surface area contributed by atoms with Gasteiger partial charge < -0.3 is 19.9 Å². The summed E-state index contributed by atoms with van der Waals surface area (Å²) in [6.07, 6.45) is -3.45. The van der Waals surface area contributed by atoms with Crippen LogP contribution >= 0.6 is 0 Å². The largest absolute Gasteiger partial charge is 0.497 e. The van der Waals surface area contributed by atoms with Gasteiger partial charge in [0, 0.05) is 0 Å². The zero-order valence-electron chi connectivity index (χ0n) is 32.7. The SMILES string of the molecule is COc1ccc(C(OC[C@H]2O[C@@H](n3cnc4c(N)ncnc43)[C@H](OS(=O)(=O)c3ccc(C)cc3)[C@@H]2OS(=O)(=O)c2ccc(C)cc2)(c2ccccc2)c2ccccc2)cc1. The second-order valence-electron chi connectivity index (χ2n) is 14.3. The van der Waals surface area contributed by atoms with Gasteiger partial charge in [-0.05, 0) is 66.9 Å². The molecule has 0 saturated carbocycles. The lowest BCUT2D eigenvalue weighted by atomic mass is 9.80. The third kappa shape index (κ3) is 7.88. The molecule has 0 bridgehead atoms. The van der Waals surface area contributed by atoms with E-state index in [1.165, 1.54) is 41.5 Å². The Labute approximate surface area is 347 Å². The summed E-state index contributed by atoms with van der Waals surface area (Å²) in [5, 5.41) is 0. The number of aryl methyl sites for hydroxylation is 2. The summed E-state index contributed by atoms with van der Waals surface area (Å²) in [6, 6.07) is 38.6. The van der Waals surface area contributed by atoms with Crippen LogP contribution in [-0.4, -0.2) is 68.4 Å². The molecule has 0 spiro atoms. The van der Waals surface area contributed by atoms with Crippen molar-refractivity contribution in [3.8, 4) is 5.75 Å². The Morgan fingerprint density at radius 3 is 1.72 bits per heavy atom. The zero-order chi connectivity index (χ0) is 42.1. The van der Waals surface area contributed by atoms with Crippen LogP contribution in [0.4, 0.5) is 5.82 Å². The summed E-state index contributed by atoms with van der Waals surface area (Å²) in [5.74, 6) is 0.684. The average Bonchev–Trinajstić information content (AvgIpc) is 3.83. The first-order valence-corrected chi connectivity index (χ1v) is 21.7. The number of hydrogen-bond donors (Lipinski definition) is 1. The number of aromatic nitrogens is 4. The van der Waals surface area contributed by atoms with Crippen molar-refractivity contribution in [3.05, 3.63) is 174 Å². The van der Waals surface area contributed by atoms with Crippen LogP contribution in [0.3, 0.4) is 0 Å². The van der Waals surface area contributed by atoms with Gasteiger partial charge >= 0.3 is 0 Å². The van der Waals surface area contributed by atoms with Crippen LogP contribution in [-0.2, 0) is 43.7 Å². The van der Waals surface area contributed by atoms with Gasteiger partial charge in [-0.3, -0.25) is 12.9 Å². The number of rotatable bonds is 14. The average molecular weight is 848 g/mol. The predicted octanol–water partition coefficient (Wildman–Crippen LogP) is 6.49. The summed E-state index contributed by atoms with van der Waals surface area (Å²) in [4.78, 5) is 12.5. The number of nitrogens with two attached hydrogens (primary N) is 1. The molecule has 0 amide bonds. The van der Waals surface area contributed by atoms with E-state index in [1.54, 1.807) is 31.4 Å². The Bertz CT molecular complexity index is 2770. The molecule has 5 aromatic carbocycles. The molecule has 4 atom stereocenters. The van der Waals surface area contributed by atoms with E-state index in [9.17, 15) is 16.8 Å². The Balaban J connectivity index is 1.29. The lowest BCUT2D eigenvalue weighted by Crippen LogP contribution is -2.43. The molecule has 60 heavy (non-hydrogen) atoms. The smallest absolute Gasteiger partial charge is 0.297 e. The predicted molar refractivity (Wildman–Crippen MR) is 222 cm³/mol. The van der Waals surface area contributed by atoms with Crippen molar-refractivity contribution in [1.82, 2.24) is 19.5 Å². The number of imidazole rings is 1. The standard InChI is InChI=1S/C44H41N5O9S2/c1-29-14-22-35(23-15-29)59(50,51)57-39-37(26-55-44(31-10-6-4-7-11-31,32-12-8-5-9-13-32)33-18-20-34(54-3)21-19-33)56-43(49-28-48-38-41(45)46-27-47-42(38)49)40(39)58-60(52,53)36-24-16-30(2)17-25-36/h4-25,27-28,37,39-40,43H,26H2,1-3H3,(H2,45,46,47)/t37-,39-,40-,43-/m1/s1. The first-order chi connectivity index (χ1) is 28.9. The fourth-order valence-corrected chi connectivity index (χ4v) is 9.47. The van der Waals surface area contributed by atoms with Crippen molar-refractivity contribution in [3.63, 3.8) is 0 Å². The van der Waals surface area contributed by atoms with Gasteiger partial charge in [-0.25, -0.2) is 15.0 Å². The minimum absolute atomic E-state index is 0.0612. The number of anilines is 1. The lowest BCUT2D eigenvalue weighted by molar-refractivity contribution is -0.0913. The highest BCUT2D eigenvalue weighted by Crippen LogP contribution is 2.44. The molecule has 308 valence electrons. The molecule has 1 fully saturated rings. The van der Waals surface area contributed by atoms with Gasteiger partial charge in [-0.15, -0.1) is 0 Å². The number of fused-ring (bicyclic) bond motifs is 1. The highest BCUT2D eigenvalue weighted by Gasteiger charge is 2.53. The van der Waals surface area contributed by atoms with E-state index in [0.29, 0.717) is 11.3 Å². The van der Waals surface area contributed by atoms with Crippen molar-refractivity contribution in [2.45, 2.75) is 53.8 Å². The second kappa shape index (κ2) is 16.6. The molecule has 2 aromatic heterocycles. The van der Waals surface area contributed by atoms with Crippen LogP contribution in [0.25, 0.3) is 11.2 Å². The van der Waals surface area contributed by atoms with Crippen molar-refractivity contribution >= 4 is 37.2 Å². The first-order valence-electron chi connectivity index (χ1n) is 18.9. The van der Waals surface area contributed by atoms with E-state index in [1.807, 2.05) is 98.8 Å². The molecular formula is C44H41N5O9S2. The molecule has 16 heteroatoms. The van der Waals surface area contributed by atoms with Crippen LogP contribution in [0, 0.1) is 13.8 Å². The molecule has 0 aliphatic carbocycles. The van der Waals surface area contributed by atoms with Gasteiger partial charge in [-0.1, -0.05) is 108 Å². The normalized spacial score (nSPS) is 18.4. The zero-order valence-corrected chi connectivity index (χ0v) is 34.4. The Kier molecular flexibility index (Phi) is 11.3. The maximum Gasteiger partial charge on any atom is 0.297 e. The molecule has 0 unspecified atom stereocenters. The molecule has 0 radical (unpaired) electrons. The molecular weight excluding hydrogens is 807 g/mol. The number of benzene rings is 5. The van der Waals surface area contributed by atoms with E-state index in [0.717, 1.165) is 22.3 Å². The van der Waals surface area contributed by atoms with Gasteiger partial charge in [-0.2, -0.15) is 16.8 Å². The highest BCUT2D eigenvalue weighted by molar-refractivity contribution is 7.87. The second-order valence-corrected chi connectivity index (χ2v) is 17.4. The number of nitrogen functional groups attached to an aromatic ring is 1. The van der Waals surface area contributed by atoms with Gasteiger partial charge in [0.2, 0.25) is 0 Å². The van der Waals surface area contributed by atoms with E-state index < -0.39 is 50.4 Å². The van der Waals surface area contributed by atoms with E-state index in [4.69, 9.17) is 28.3 Å². The van der Waals surface area contributed by atoms with Crippen LogP contribution in [0.1, 0.15) is 34.0 Å². The summed E-state index contributed by atoms with van der Waals surface area (Å²) >= 11 is 0. The monoisotopic (exact) mass is 847 g/mol. The molecule has 8 rings (SSSR count). The molecule has 3 heterocycles. The quantitative estimate of drug-likeness (QED) is 0.0927. The van der Waals surface area contributed by atoms with Gasteiger partial charge in [0.15, 0.2) is 23.8 Å². The fraction of sp³-hybridized carbons (Fsp3) is 0.205. The third-order valence-electron chi connectivity index (χ3n) is 10.4. The van der Waals surface area contributed by atoms with Crippen LogP contribution in [0.5, 0.6) is 5.75 Å². The van der Waals surface area contributed by atoms with E-state index >= 15 is 0 Å². The number of hydrogen-bond acceptors (Lipinski definition) is 13.